The van der Waals surface area contributed by atoms with Crippen molar-refractivity contribution in [3.05, 3.63) is 71.9 Å². The van der Waals surface area contributed by atoms with Crippen LogP contribution in [0.2, 0.25) is 0 Å². The minimum Gasteiger partial charge on any atom is -0.389 e. The molecule has 3 aromatic rings. The molecule has 0 unspecified atom stereocenters. The van der Waals surface area contributed by atoms with Crippen molar-refractivity contribution in [1.82, 2.24) is 15.1 Å². The number of hydrogen-bond acceptors (Lipinski definition) is 5. The number of aromatic nitrogens is 2. The maximum atomic E-state index is 14.4. The van der Waals surface area contributed by atoms with Gasteiger partial charge in [-0.2, -0.15) is 0 Å². The van der Waals surface area contributed by atoms with Crippen LogP contribution < -0.4 is 15.4 Å². The molecule has 150 valence electrons. The molecule has 0 bridgehead atoms. The number of nitrogens with one attached hydrogen (secondary N) is 2. The summed E-state index contributed by atoms with van der Waals surface area (Å²) in [5.74, 6) is -0.938. The van der Waals surface area contributed by atoms with Crippen molar-refractivity contribution in [2.24, 2.45) is 0 Å². The second-order valence-corrected chi connectivity index (χ2v) is 6.39. The lowest BCUT2D eigenvalue weighted by atomic mass is 10.1. The van der Waals surface area contributed by atoms with Crippen molar-refractivity contribution in [1.29, 1.82) is 0 Å². The van der Waals surface area contributed by atoms with E-state index in [4.69, 9.17) is 9.47 Å². The van der Waals surface area contributed by atoms with E-state index in [-0.39, 0.29) is 23.5 Å². The summed E-state index contributed by atoms with van der Waals surface area (Å²) in [6.45, 7) is 1.93. The fourth-order valence-electron chi connectivity index (χ4n) is 2.94. The third-order valence-electron chi connectivity index (χ3n) is 4.38. The number of carbonyl (C=O) groups is 1. The van der Waals surface area contributed by atoms with Crippen LogP contribution in [0.5, 0.6) is 5.88 Å². The summed E-state index contributed by atoms with van der Waals surface area (Å²) in [4.78, 5) is 12.1. The number of benzene rings is 2. The number of morpholine rings is 1. The third kappa shape index (κ3) is 4.58. The highest BCUT2D eigenvalue weighted by molar-refractivity contribution is 5.86. The quantitative estimate of drug-likeness (QED) is 0.702. The van der Waals surface area contributed by atoms with E-state index in [0.717, 1.165) is 6.54 Å². The van der Waals surface area contributed by atoms with Crippen LogP contribution in [0, 0.1) is 11.6 Å². The maximum absolute atomic E-state index is 14.4. The van der Waals surface area contributed by atoms with Gasteiger partial charge in [-0.05, 0) is 42.0 Å². The standard InChI is InChI=1S/C20H18F2N4O3/c21-14-2-4-15(5-3-14)26-9-7-19(25-26)29-20(27)24-17-6-1-13(11-16(17)22)18-12-23-8-10-28-18/h1-7,9,11,18,23H,8,10,12H2,(H,24,27)/t18-/m0/s1. The fraction of sp³-hybridized carbons (Fsp3) is 0.200. The lowest BCUT2D eigenvalue weighted by Gasteiger charge is -2.24. The summed E-state index contributed by atoms with van der Waals surface area (Å²) in [5, 5.41) is 9.62. The molecule has 0 aliphatic carbocycles. The van der Waals surface area contributed by atoms with Gasteiger partial charge in [0.05, 0.1) is 24.1 Å². The highest BCUT2D eigenvalue weighted by Gasteiger charge is 2.18. The Balaban J connectivity index is 1.39. The molecule has 1 atom stereocenters. The van der Waals surface area contributed by atoms with Gasteiger partial charge in [-0.15, -0.1) is 5.10 Å². The van der Waals surface area contributed by atoms with Gasteiger partial charge in [-0.1, -0.05) is 6.07 Å². The van der Waals surface area contributed by atoms with Crippen LogP contribution in [-0.4, -0.2) is 35.6 Å². The van der Waals surface area contributed by atoms with E-state index >= 15 is 0 Å². The van der Waals surface area contributed by atoms with Gasteiger partial charge < -0.3 is 14.8 Å². The van der Waals surface area contributed by atoms with Crippen molar-refractivity contribution in [3.63, 3.8) is 0 Å². The van der Waals surface area contributed by atoms with Gasteiger partial charge in [0.25, 0.3) is 0 Å². The number of halogens is 2. The zero-order valence-electron chi connectivity index (χ0n) is 15.3. The van der Waals surface area contributed by atoms with Crippen molar-refractivity contribution in [3.8, 4) is 11.6 Å². The van der Waals surface area contributed by atoms with E-state index in [1.165, 1.54) is 47.1 Å². The first-order chi connectivity index (χ1) is 14.1. The molecule has 0 saturated carbocycles. The molecule has 1 fully saturated rings. The van der Waals surface area contributed by atoms with Crippen molar-refractivity contribution < 1.29 is 23.0 Å². The molecular formula is C20H18F2N4O3. The van der Waals surface area contributed by atoms with Crippen LogP contribution in [0.1, 0.15) is 11.7 Å². The molecule has 0 spiro atoms. The minimum absolute atomic E-state index is 0.0134. The average Bonchev–Trinajstić information content (AvgIpc) is 3.19. The summed E-state index contributed by atoms with van der Waals surface area (Å²) in [7, 11) is 0. The van der Waals surface area contributed by atoms with Crippen LogP contribution >= 0.6 is 0 Å². The van der Waals surface area contributed by atoms with Gasteiger partial charge >= 0.3 is 6.09 Å². The number of amides is 1. The molecule has 0 radical (unpaired) electrons. The van der Waals surface area contributed by atoms with E-state index in [0.29, 0.717) is 24.4 Å². The second-order valence-electron chi connectivity index (χ2n) is 6.39. The lowest BCUT2D eigenvalue weighted by Crippen LogP contribution is -2.33. The molecule has 4 rings (SSSR count). The van der Waals surface area contributed by atoms with E-state index in [1.54, 1.807) is 12.3 Å². The highest BCUT2D eigenvalue weighted by Crippen LogP contribution is 2.24. The molecular weight excluding hydrogens is 382 g/mol. The second kappa shape index (κ2) is 8.38. The smallest absolute Gasteiger partial charge is 0.389 e. The molecule has 1 aliphatic rings. The Kier molecular flexibility index (Phi) is 5.50. The molecule has 2 aromatic carbocycles. The van der Waals surface area contributed by atoms with Crippen molar-refractivity contribution >= 4 is 11.8 Å². The molecule has 1 aromatic heterocycles. The van der Waals surface area contributed by atoms with E-state index < -0.39 is 11.9 Å². The highest BCUT2D eigenvalue weighted by atomic mass is 19.1. The third-order valence-corrected chi connectivity index (χ3v) is 4.38. The molecule has 29 heavy (non-hydrogen) atoms. The molecule has 1 aliphatic heterocycles. The molecule has 2 N–H and O–H groups in total. The monoisotopic (exact) mass is 400 g/mol. The van der Waals surface area contributed by atoms with Crippen LogP contribution in [0.3, 0.4) is 0 Å². The van der Waals surface area contributed by atoms with Gasteiger partial charge in [0.1, 0.15) is 11.6 Å². The Labute approximate surface area is 165 Å². The number of ether oxygens (including phenoxy) is 2. The Morgan fingerprint density at radius 1 is 1.21 bits per heavy atom. The Morgan fingerprint density at radius 2 is 2.03 bits per heavy atom. The number of nitrogens with zero attached hydrogens (tertiary/aromatic N) is 2. The van der Waals surface area contributed by atoms with Gasteiger partial charge in [0, 0.05) is 25.4 Å². The fourth-order valence-corrected chi connectivity index (χ4v) is 2.94. The molecule has 9 heteroatoms. The number of rotatable bonds is 4. The largest absolute Gasteiger partial charge is 0.418 e. The summed E-state index contributed by atoms with van der Waals surface area (Å²) in [6, 6.07) is 11.6. The molecule has 2 heterocycles. The first-order valence-electron chi connectivity index (χ1n) is 9.01. The van der Waals surface area contributed by atoms with Crippen molar-refractivity contribution in [2.75, 3.05) is 25.0 Å². The zero-order valence-corrected chi connectivity index (χ0v) is 15.3. The van der Waals surface area contributed by atoms with Gasteiger partial charge in [-0.25, -0.2) is 18.3 Å². The van der Waals surface area contributed by atoms with Gasteiger partial charge in [0.2, 0.25) is 5.88 Å². The van der Waals surface area contributed by atoms with E-state index in [2.05, 4.69) is 15.7 Å². The van der Waals surface area contributed by atoms with Crippen LogP contribution in [0.25, 0.3) is 5.69 Å². The van der Waals surface area contributed by atoms with Crippen LogP contribution in [0.15, 0.2) is 54.7 Å². The number of hydrogen-bond donors (Lipinski definition) is 2. The summed E-state index contributed by atoms with van der Waals surface area (Å²) < 4.78 is 39.5. The Hall–Kier alpha value is -3.30. The average molecular weight is 400 g/mol. The first-order valence-corrected chi connectivity index (χ1v) is 9.01. The van der Waals surface area contributed by atoms with Crippen molar-refractivity contribution in [2.45, 2.75) is 6.10 Å². The Bertz CT molecular complexity index is 1000. The topological polar surface area (TPSA) is 77.4 Å². The normalized spacial score (nSPS) is 16.4. The number of carbonyl (C=O) groups excluding carboxylic acids is 1. The van der Waals surface area contributed by atoms with Crippen LogP contribution in [0.4, 0.5) is 19.3 Å². The lowest BCUT2D eigenvalue weighted by molar-refractivity contribution is 0.0275. The van der Waals surface area contributed by atoms with E-state index in [1.807, 2.05) is 0 Å². The summed E-state index contributed by atoms with van der Waals surface area (Å²) in [5.41, 5.74) is 1.27. The number of anilines is 1. The minimum atomic E-state index is -0.878. The predicted octanol–water partition coefficient (Wildman–Crippen LogP) is 3.42. The van der Waals surface area contributed by atoms with Gasteiger partial charge in [-0.3, -0.25) is 5.32 Å². The van der Waals surface area contributed by atoms with E-state index in [9.17, 15) is 13.6 Å². The SMILES string of the molecule is O=C(Nc1ccc([C@@H]2CNCCO2)cc1F)Oc1ccn(-c2ccc(F)cc2)n1. The predicted molar refractivity (Wildman–Crippen MR) is 101 cm³/mol. The summed E-state index contributed by atoms with van der Waals surface area (Å²) in [6.07, 6.45) is 0.454. The first kappa shape index (κ1) is 19.0. The Morgan fingerprint density at radius 3 is 2.76 bits per heavy atom. The molecule has 1 amide bonds. The van der Waals surface area contributed by atoms with Crippen LogP contribution in [-0.2, 0) is 4.74 Å². The van der Waals surface area contributed by atoms with Gasteiger partial charge in [0.15, 0.2) is 0 Å². The molecule has 7 nitrogen and oxygen atoms in total. The molecule has 1 saturated heterocycles. The summed E-state index contributed by atoms with van der Waals surface area (Å²) >= 11 is 0. The maximum Gasteiger partial charge on any atom is 0.418 e. The zero-order chi connectivity index (χ0) is 20.2.